The number of nitrogens with zero attached hydrogens (tertiary/aromatic N) is 3. The number of phenolic OH excluding ortho intramolecular Hbond substituents is 1. The second kappa shape index (κ2) is 16.6. The zero-order valence-corrected chi connectivity index (χ0v) is 37.6. The van der Waals surface area contributed by atoms with Crippen LogP contribution in [-0.2, 0) is 26.5 Å². The van der Waals surface area contributed by atoms with Crippen LogP contribution in [0.2, 0.25) is 0 Å². The maximum atomic E-state index is 11.7. The van der Waals surface area contributed by atoms with E-state index in [9.17, 15) is 5.11 Å². The molecule has 1 N–H and O–H groups in total. The number of fused-ring (bicyclic) bond motifs is 1. The maximum Gasteiger partial charge on any atom is 0.148 e. The van der Waals surface area contributed by atoms with Gasteiger partial charge in [-0.25, -0.2) is 4.98 Å². The topological polar surface area (TPSA) is 50.9 Å². The number of para-hydroxylation sites is 1. The third-order valence-corrected chi connectivity index (χ3v) is 11.1. The molecule has 0 atom stereocenters. The van der Waals surface area contributed by atoms with Gasteiger partial charge in [0.05, 0.1) is 22.3 Å². The Morgan fingerprint density at radius 1 is 0.661 bits per heavy atom. The second-order valence-electron chi connectivity index (χ2n) is 17.0. The molecule has 0 fully saturated rings. The normalized spacial score (nSPS) is 12.6. The average molecular weight is 956 g/mol. The van der Waals surface area contributed by atoms with Gasteiger partial charge in [0.2, 0.25) is 0 Å². The molecule has 0 saturated heterocycles. The molecular formula is C54H52N3OPt-. The van der Waals surface area contributed by atoms with Crippen LogP contribution in [-0.4, -0.2) is 19.6 Å². The fourth-order valence-corrected chi connectivity index (χ4v) is 7.80. The Labute approximate surface area is 367 Å². The minimum Gasteiger partial charge on any atom is -0.507 e. The molecule has 5 heteroatoms. The SMILES string of the molecule is [2H]C(C)(C)c1ccc(-c2ccnc(-c3[c-]c(-c4cccc5c4nc(-c4cc(C)cc(C)c4O)n5-c4ccc(C([2H])(C)C)cc4-c4ccccc4)cc(C(C)(C)C)c3)c2)cc1.[Pt]. The van der Waals surface area contributed by atoms with Gasteiger partial charge < -0.3 is 5.11 Å². The van der Waals surface area contributed by atoms with Gasteiger partial charge in [-0.05, 0) is 100 Å². The Hall–Kier alpha value is -5.57. The van der Waals surface area contributed by atoms with Crippen molar-refractivity contribution in [2.75, 3.05) is 0 Å². The van der Waals surface area contributed by atoms with Gasteiger partial charge in [0.25, 0.3) is 0 Å². The molecule has 59 heavy (non-hydrogen) atoms. The molecule has 0 bridgehead atoms. The molecule has 0 aliphatic heterocycles. The van der Waals surface area contributed by atoms with E-state index in [-0.39, 0.29) is 32.2 Å². The Morgan fingerprint density at radius 2 is 1.36 bits per heavy atom. The molecule has 0 amide bonds. The molecular weight excluding hydrogens is 902 g/mol. The molecule has 8 aromatic rings. The zero-order chi connectivity index (χ0) is 42.7. The van der Waals surface area contributed by atoms with E-state index in [1.54, 1.807) is 0 Å². The first-order valence-electron chi connectivity index (χ1n) is 21.0. The van der Waals surface area contributed by atoms with Crippen molar-refractivity contribution < 1.29 is 28.9 Å². The molecule has 2 heterocycles. The quantitative estimate of drug-likeness (QED) is 0.154. The summed E-state index contributed by atoms with van der Waals surface area (Å²) in [7, 11) is 0. The molecule has 2 aromatic heterocycles. The molecule has 8 rings (SSSR count). The number of aromatic hydroxyl groups is 1. The minimum atomic E-state index is -0.814. The molecule has 0 spiro atoms. The molecule has 300 valence electrons. The molecule has 4 nitrogen and oxygen atoms in total. The van der Waals surface area contributed by atoms with Crippen molar-refractivity contribution in [2.45, 2.75) is 79.5 Å². The monoisotopic (exact) mass is 955 g/mol. The van der Waals surface area contributed by atoms with E-state index >= 15 is 0 Å². The van der Waals surface area contributed by atoms with E-state index in [0.717, 1.165) is 89.2 Å². The summed E-state index contributed by atoms with van der Waals surface area (Å²) >= 11 is 0. The van der Waals surface area contributed by atoms with Crippen LogP contribution >= 0.6 is 0 Å². The van der Waals surface area contributed by atoms with Gasteiger partial charge in [-0.1, -0.05) is 145 Å². The summed E-state index contributed by atoms with van der Waals surface area (Å²) in [5.41, 5.74) is 15.4. The summed E-state index contributed by atoms with van der Waals surface area (Å²) in [6.45, 7) is 18.3. The third-order valence-electron chi connectivity index (χ3n) is 11.1. The number of imidazole rings is 1. The summed E-state index contributed by atoms with van der Waals surface area (Å²) in [5, 5.41) is 11.7. The van der Waals surface area contributed by atoms with Crippen molar-refractivity contribution in [1.82, 2.24) is 14.5 Å². The van der Waals surface area contributed by atoms with Gasteiger partial charge in [0, 0.05) is 41.3 Å². The van der Waals surface area contributed by atoms with Crippen LogP contribution in [0.3, 0.4) is 0 Å². The molecule has 0 saturated carbocycles. The number of aromatic nitrogens is 3. The molecule has 6 aromatic carbocycles. The van der Waals surface area contributed by atoms with Crippen LogP contribution in [0.5, 0.6) is 5.75 Å². The van der Waals surface area contributed by atoms with Crippen molar-refractivity contribution in [2.24, 2.45) is 0 Å². The summed E-state index contributed by atoms with van der Waals surface area (Å²) in [4.78, 5) is 10.4. The van der Waals surface area contributed by atoms with Gasteiger partial charge in [-0.3, -0.25) is 9.55 Å². The smallest absolute Gasteiger partial charge is 0.148 e. The average Bonchev–Trinajstić information content (AvgIpc) is 3.60. The first kappa shape index (κ1) is 38.9. The maximum absolute atomic E-state index is 11.7. The number of benzene rings is 6. The summed E-state index contributed by atoms with van der Waals surface area (Å²) < 4.78 is 19.6. The Bertz CT molecular complexity index is 2900. The zero-order valence-electron chi connectivity index (χ0n) is 37.3. The fourth-order valence-electron chi connectivity index (χ4n) is 7.80. The Kier molecular flexibility index (Phi) is 10.9. The van der Waals surface area contributed by atoms with E-state index in [4.69, 9.17) is 12.7 Å². The summed E-state index contributed by atoms with van der Waals surface area (Å²) in [6, 6.07) is 47.4. The van der Waals surface area contributed by atoms with Crippen molar-refractivity contribution in [3.63, 3.8) is 0 Å². The largest absolute Gasteiger partial charge is 0.507 e. The van der Waals surface area contributed by atoms with E-state index in [2.05, 4.69) is 104 Å². The van der Waals surface area contributed by atoms with Gasteiger partial charge in [0.1, 0.15) is 11.6 Å². The van der Waals surface area contributed by atoms with Crippen molar-refractivity contribution in [1.29, 1.82) is 0 Å². The van der Waals surface area contributed by atoms with Crippen LogP contribution in [0.15, 0.2) is 134 Å². The van der Waals surface area contributed by atoms with E-state index < -0.39 is 11.8 Å². The fraction of sp³-hybridized carbons (Fsp3) is 0.222. The van der Waals surface area contributed by atoms with Crippen molar-refractivity contribution in [3.05, 3.63) is 167 Å². The van der Waals surface area contributed by atoms with Crippen LogP contribution in [0.1, 0.15) is 90.8 Å². The van der Waals surface area contributed by atoms with Gasteiger partial charge >= 0.3 is 0 Å². The Morgan fingerprint density at radius 3 is 2.05 bits per heavy atom. The third kappa shape index (κ3) is 8.21. The molecule has 0 radical (unpaired) electrons. The molecule has 0 aliphatic rings. The van der Waals surface area contributed by atoms with Crippen LogP contribution in [0.4, 0.5) is 0 Å². The molecule has 0 aliphatic carbocycles. The standard InChI is InChI=1S/C54H52N3O.Pt/c1-33(2)37-18-20-38(21-19-37)41-24-25-55-48(32-41)43-28-42(29-44(30-43)54(7,8)9)45-16-13-17-50-51(45)56-53(47-27-35(5)26-36(6)52(47)58)57(50)49-23-22-40(34(3)4)31-46(49)39-14-11-10-12-15-39;/h10-27,29-34,58H,1-9H3;/q-1;/i33D,34D;. The van der Waals surface area contributed by atoms with Crippen LogP contribution < -0.4 is 0 Å². The second-order valence-corrected chi connectivity index (χ2v) is 17.0. The number of phenols is 1. The minimum absolute atomic E-state index is 0. The predicted molar refractivity (Wildman–Crippen MR) is 243 cm³/mol. The molecule has 0 unspecified atom stereocenters. The van der Waals surface area contributed by atoms with Crippen molar-refractivity contribution >= 4 is 11.0 Å². The van der Waals surface area contributed by atoms with Gasteiger partial charge in [-0.2, -0.15) is 0 Å². The number of pyridine rings is 1. The first-order valence-corrected chi connectivity index (χ1v) is 20.0. The van der Waals surface area contributed by atoms with Crippen LogP contribution in [0, 0.1) is 19.9 Å². The van der Waals surface area contributed by atoms with E-state index in [1.165, 1.54) is 0 Å². The first-order chi connectivity index (χ1) is 28.4. The van der Waals surface area contributed by atoms with Gasteiger partial charge in [0.15, 0.2) is 0 Å². The summed E-state index contributed by atoms with van der Waals surface area (Å²) in [6.07, 6.45) is 1.85. The number of rotatable bonds is 8. The number of hydrogen-bond acceptors (Lipinski definition) is 3. The number of hydrogen-bond donors (Lipinski definition) is 1. The number of aryl methyl sites for hydroxylation is 2. The van der Waals surface area contributed by atoms with Crippen LogP contribution in [0.25, 0.3) is 72.7 Å². The van der Waals surface area contributed by atoms with Crippen molar-refractivity contribution in [3.8, 4) is 67.5 Å². The van der Waals surface area contributed by atoms with E-state index in [0.29, 0.717) is 11.4 Å². The van der Waals surface area contributed by atoms with Gasteiger partial charge in [-0.15, -0.1) is 29.3 Å². The Balaban J connectivity index is 0.00000561. The summed E-state index contributed by atoms with van der Waals surface area (Å²) in [5.74, 6) is -0.673. The predicted octanol–water partition coefficient (Wildman–Crippen LogP) is 14.4. The van der Waals surface area contributed by atoms with E-state index in [1.807, 2.05) is 102 Å².